The van der Waals surface area contributed by atoms with Crippen molar-refractivity contribution < 1.29 is 15.3 Å². The molecule has 0 aliphatic carbocycles. The third-order valence-corrected chi connectivity index (χ3v) is 1.48. The van der Waals surface area contributed by atoms with Crippen LogP contribution in [0.4, 0.5) is 0 Å². The Morgan fingerprint density at radius 2 is 2.08 bits per heavy atom. The van der Waals surface area contributed by atoms with Gasteiger partial charge in [-0.15, -0.1) is 0 Å². The number of hydrogen-bond donors (Lipinski definition) is 5. The molecule has 6 N–H and O–H groups in total. The van der Waals surface area contributed by atoms with Gasteiger partial charge >= 0.3 is 0 Å². The first-order chi connectivity index (χ1) is 5.52. The fraction of sp³-hybridized carbons (Fsp3) is 1.00. The van der Waals surface area contributed by atoms with Gasteiger partial charge in [0.2, 0.25) is 0 Å². The van der Waals surface area contributed by atoms with Crippen LogP contribution < -0.4 is 11.1 Å². The maximum Gasteiger partial charge on any atom is 0.0894 e. The first-order valence-electron chi connectivity index (χ1n) is 3.91. The van der Waals surface area contributed by atoms with Gasteiger partial charge in [0.15, 0.2) is 0 Å². The highest BCUT2D eigenvalue weighted by Gasteiger charge is 2.16. The third-order valence-electron chi connectivity index (χ3n) is 1.48. The summed E-state index contributed by atoms with van der Waals surface area (Å²) in [5.41, 5.74) is 4.92. The molecule has 0 radical (unpaired) electrons. The molecule has 0 fully saturated rings. The molecular formula is C7H18N2O3. The van der Waals surface area contributed by atoms with Gasteiger partial charge in [-0.25, -0.2) is 0 Å². The lowest BCUT2D eigenvalue weighted by Crippen LogP contribution is -2.50. The normalized spacial score (nSPS) is 18.8. The number of aliphatic hydroxyl groups excluding tert-OH is 3. The number of rotatable bonds is 6. The van der Waals surface area contributed by atoms with Crippen LogP contribution in [0.1, 0.15) is 6.92 Å². The Hall–Kier alpha value is -0.200. The zero-order valence-corrected chi connectivity index (χ0v) is 7.32. The van der Waals surface area contributed by atoms with Crippen LogP contribution in [-0.2, 0) is 0 Å². The van der Waals surface area contributed by atoms with Crippen LogP contribution in [0.5, 0.6) is 0 Å². The van der Waals surface area contributed by atoms with Crippen molar-refractivity contribution in [3.05, 3.63) is 0 Å². The second-order valence-electron chi connectivity index (χ2n) is 3.28. The first kappa shape index (κ1) is 11.8. The van der Waals surface area contributed by atoms with Crippen LogP contribution >= 0.6 is 0 Å². The van der Waals surface area contributed by atoms with Crippen LogP contribution in [0, 0.1) is 0 Å². The Kier molecular flexibility index (Phi) is 5.36. The van der Waals surface area contributed by atoms with E-state index in [1.165, 1.54) is 0 Å². The van der Waals surface area contributed by atoms with Crippen molar-refractivity contribution in [3.8, 4) is 0 Å². The Morgan fingerprint density at radius 3 is 2.50 bits per heavy atom. The lowest BCUT2D eigenvalue weighted by atomic mass is 10.1. The summed E-state index contributed by atoms with van der Waals surface area (Å²) in [6.45, 7) is 2.00. The van der Waals surface area contributed by atoms with Crippen molar-refractivity contribution in [2.75, 3.05) is 26.3 Å². The summed E-state index contributed by atoms with van der Waals surface area (Å²) >= 11 is 0. The Morgan fingerprint density at radius 1 is 1.50 bits per heavy atom. The zero-order chi connectivity index (χ0) is 9.61. The number of hydrogen-bond acceptors (Lipinski definition) is 5. The molecule has 0 saturated heterocycles. The summed E-state index contributed by atoms with van der Waals surface area (Å²) in [6, 6.07) is 0. The molecule has 2 atom stereocenters. The summed E-state index contributed by atoms with van der Waals surface area (Å²) in [5, 5.41) is 28.9. The molecule has 0 heterocycles. The number of nitrogens with two attached hydrogens (primary N) is 1. The molecule has 12 heavy (non-hydrogen) atoms. The van der Waals surface area contributed by atoms with Crippen molar-refractivity contribution in [1.29, 1.82) is 0 Å². The van der Waals surface area contributed by atoms with Gasteiger partial charge in [0.05, 0.1) is 19.3 Å². The fourth-order valence-corrected chi connectivity index (χ4v) is 0.645. The van der Waals surface area contributed by atoms with Gasteiger partial charge in [-0.3, -0.25) is 0 Å². The standard InChI is InChI=1S/C7H18N2O3/c1-7(8,5-11)4-9-2-6(12)3-10/h6,9-12H,2-5,8H2,1H3. The molecule has 0 rings (SSSR count). The maximum atomic E-state index is 8.91. The van der Waals surface area contributed by atoms with Gasteiger partial charge in [-0.1, -0.05) is 0 Å². The highest BCUT2D eigenvalue weighted by Crippen LogP contribution is 1.93. The average Bonchev–Trinajstić information content (AvgIpc) is 2.04. The van der Waals surface area contributed by atoms with Gasteiger partial charge in [-0.2, -0.15) is 0 Å². The minimum Gasteiger partial charge on any atom is -0.394 e. The number of aliphatic hydroxyl groups is 3. The van der Waals surface area contributed by atoms with E-state index in [4.69, 9.17) is 21.1 Å². The van der Waals surface area contributed by atoms with E-state index in [1.54, 1.807) is 6.92 Å². The van der Waals surface area contributed by atoms with E-state index < -0.39 is 11.6 Å². The van der Waals surface area contributed by atoms with E-state index in [0.29, 0.717) is 6.54 Å². The first-order valence-corrected chi connectivity index (χ1v) is 3.91. The lowest BCUT2D eigenvalue weighted by molar-refractivity contribution is 0.0917. The van der Waals surface area contributed by atoms with Gasteiger partial charge in [0.1, 0.15) is 0 Å². The topological polar surface area (TPSA) is 98.7 Å². The van der Waals surface area contributed by atoms with E-state index in [2.05, 4.69) is 5.32 Å². The van der Waals surface area contributed by atoms with Crippen molar-refractivity contribution in [3.63, 3.8) is 0 Å². The van der Waals surface area contributed by atoms with Crippen LogP contribution in [0.2, 0.25) is 0 Å². The van der Waals surface area contributed by atoms with Crippen molar-refractivity contribution in [1.82, 2.24) is 5.32 Å². The Balaban J connectivity index is 3.42. The fourth-order valence-electron chi connectivity index (χ4n) is 0.645. The van der Waals surface area contributed by atoms with Gasteiger partial charge in [0, 0.05) is 18.6 Å². The summed E-state index contributed by atoms with van der Waals surface area (Å²) in [6.07, 6.45) is -0.764. The van der Waals surface area contributed by atoms with Gasteiger partial charge in [0.25, 0.3) is 0 Å². The molecule has 0 aromatic rings. The van der Waals surface area contributed by atoms with Crippen molar-refractivity contribution in [2.24, 2.45) is 5.73 Å². The highest BCUT2D eigenvalue weighted by atomic mass is 16.3. The minimum absolute atomic E-state index is 0.116. The molecule has 5 heteroatoms. The second kappa shape index (κ2) is 5.45. The van der Waals surface area contributed by atoms with E-state index >= 15 is 0 Å². The predicted octanol–water partition coefficient (Wildman–Crippen LogP) is -2.36. The maximum absolute atomic E-state index is 8.91. The summed E-state index contributed by atoms with van der Waals surface area (Å²) in [7, 11) is 0. The average molecular weight is 178 g/mol. The van der Waals surface area contributed by atoms with E-state index in [1.807, 2.05) is 0 Å². The molecule has 0 bridgehead atoms. The molecule has 0 aliphatic heterocycles. The Bertz CT molecular complexity index is 119. The summed E-state index contributed by atoms with van der Waals surface area (Å²) in [4.78, 5) is 0. The molecule has 5 nitrogen and oxygen atoms in total. The highest BCUT2D eigenvalue weighted by molar-refractivity contribution is 4.80. The molecule has 0 saturated carbocycles. The predicted molar refractivity (Wildman–Crippen MR) is 45.6 cm³/mol. The van der Waals surface area contributed by atoms with Crippen LogP contribution in [0.25, 0.3) is 0 Å². The van der Waals surface area contributed by atoms with Crippen molar-refractivity contribution in [2.45, 2.75) is 18.6 Å². The van der Waals surface area contributed by atoms with Gasteiger partial charge < -0.3 is 26.4 Å². The van der Waals surface area contributed by atoms with E-state index in [0.717, 1.165) is 0 Å². The quantitative estimate of drug-likeness (QED) is 0.313. The van der Waals surface area contributed by atoms with Gasteiger partial charge in [-0.05, 0) is 6.92 Å². The third kappa shape index (κ3) is 5.45. The van der Waals surface area contributed by atoms with Crippen LogP contribution in [0.3, 0.4) is 0 Å². The second-order valence-corrected chi connectivity index (χ2v) is 3.28. The smallest absolute Gasteiger partial charge is 0.0894 e. The summed E-state index contributed by atoms with van der Waals surface area (Å²) in [5.74, 6) is 0. The molecular weight excluding hydrogens is 160 g/mol. The number of nitrogens with one attached hydrogen (secondary N) is 1. The summed E-state index contributed by atoms with van der Waals surface area (Å²) < 4.78 is 0. The molecule has 0 aromatic carbocycles. The molecule has 0 spiro atoms. The molecule has 2 unspecified atom stereocenters. The monoisotopic (exact) mass is 178 g/mol. The van der Waals surface area contributed by atoms with Crippen LogP contribution in [0.15, 0.2) is 0 Å². The zero-order valence-electron chi connectivity index (χ0n) is 7.32. The molecule has 0 aliphatic rings. The minimum atomic E-state index is -0.764. The molecule has 74 valence electrons. The van der Waals surface area contributed by atoms with E-state index in [9.17, 15) is 0 Å². The molecule has 0 aromatic heterocycles. The van der Waals surface area contributed by atoms with E-state index in [-0.39, 0.29) is 19.8 Å². The lowest BCUT2D eigenvalue weighted by Gasteiger charge is -2.22. The van der Waals surface area contributed by atoms with Crippen molar-refractivity contribution >= 4 is 0 Å². The SMILES string of the molecule is CC(N)(CO)CNCC(O)CO. The largest absolute Gasteiger partial charge is 0.394 e. The van der Waals surface area contributed by atoms with Crippen LogP contribution in [-0.4, -0.2) is 53.3 Å². The molecule has 0 amide bonds. The Labute approximate surface area is 72.2 Å².